The minimum absolute atomic E-state index is 0.140. The molecule has 0 N–H and O–H groups in total. The van der Waals surface area contributed by atoms with E-state index < -0.39 is 6.10 Å². The van der Waals surface area contributed by atoms with Gasteiger partial charge in [0.25, 0.3) is 5.91 Å². The molecule has 0 saturated carbocycles. The van der Waals surface area contributed by atoms with Gasteiger partial charge in [0.15, 0.2) is 11.5 Å². The number of hydrogen-bond acceptors (Lipinski definition) is 5. The summed E-state index contributed by atoms with van der Waals surface area (Å²) in [6.45, 7) is 2.20. The summed E-state index contributed by atoms with van der Waals surface area (Å²) in [5, 5.41) is 3.91. The summed E-state index contributed by atoms with van der Waals surface area (Å²) in [6.07, 6.45) is 0.850. The molecule has 1 amide bonds. The zero-order valence-electron chi connectivity index (χ0n) is 15.5. The molecule has 2 aromatic rings. The van der Waals surface area contributed by atoms with Crippen LogP contribution in [-0.4, -0.2) is 44.4 Å². The van der Waals surface area contributed by atoms with Crippen molar-refractivity contribution in [2.24, 2.45) is 5.16 Å². The summed E-state index contributed by atoms with van der Waals surface area (Å²) in [6, 6.07) is 15.2. The summed E-state index contributed by atoms with van der Waals surface area (Å²) in [4.78, 5) is 19.3. The average molecular weight is 356 g/mol. The predicted molar refractivity (Wildman–Crippen MR) is 101 cm³/mol. The maximum absolute atomic E-state index is 12.4. The minimum Gasteiger partial charge on any atom is -0.493 e. The van der Waals surface area contributed by atoms with Crippen molar-refractivity contribution in [2.75, 3.05) is 21.3 Å². The van der Waals surface area contributed by atoms with Crippen molar-refractivity contribution < 1.29 is 19.1 Å². The number of amides is 1. The van der Waals surface area contributed by atoms with Crippen LogP contribution in [0, 0.1) is 0 Å². The second-order valence-electron chi connectivity index (χ2n) is 5.78. The average Bonchev–Trinajstić information content (AvgIpc) is 2.67. The number of ether oxygens (including phenoxy) is 2. The van der Waals surface area contributed by atoms with Crippen molar-refractivity contribution >= 4 is 12.1 Å². The Hall–Kier alpha value is -3.02. The van der Waals surface area contributed by atoms with Gasteiger partial charge in [-0.3, -0.25) is 4.79 Å². The SMILES string of the molecule is COc1ccc(/C=N\O[C@@H](C)C(=O)N(C)Cc2ccccc2)cc1OC. The number of likely N-dealkylation sites (N-methyl/N-ethyl adjacent to an activating group) is 1. The number of nitrogens with zero attached hydrogens (tertiary/aromatic N) is 2. The van der Waals surface area contributed by atoms with E-state index in [9.17, 15) is 4.79 Å². The van der Waals surface area contributed by atoms with Crippen LogP contribution in [0.15, 0.2) is 53.7 Å². The fourth-order valence-electron chi connectivity index (χ4n) is 2.41. The van der Waals surface area contributed by atoms with Crippen LogP contribution in [0.1, 0.15) is 18.1 Å². The van der Waals surface area contributed by atoms with Gasteiger partial charge in [0, 0.05) is 19.2 Å². The van der Waals surface area contributed by atoms with Gasteiger partial charge >= 0.3 is 0 Å². The molecular formula is C20H24N2O4. The summed E-state index contributed by atoms with van der Waals surface area (Å²) >= 11 is 0. The fourth-order valence-corrected chi connectivity index (χ4v) is 2.41. The molecular weight excluding hydrogens is 332 g/mol. The number of carbonyl (C=O) groups excluding carboxylic acids is 1. The van der Waals surface area contributed by atoms with E-state index in [2.05, 4.69) is 5.16 Å². The van der Waals surface area contributed by atoms with Gasteiger partial charge in [0.05, 0.1) is 20.4 Å². The first-order valence-electron chi connectivity index (χ1n) is 8.25. The molecule has 138 valence electrons. The van der Waals surface area contributed by atoms with Gasteiger partial charge in [-0.25, -0.2) is 0 Å². The third kappa shape index (κ3) is 5.24. The van der Waals surface area contributed by atoms with Crippen LogP contribution in [0.3, 0.4) is 0 Å². The maximum atomic E-state index is 12.4. The van der Waals surface area contributed by atoms with E-state index in [1.54, 1.807) is 45.2 Å². The van der Waals surface area contributed by atoms with E-state index >= 15 is 0 Å². The zero-order valence-corrected chi connectivity index (χ0v) is 15.5. The molecule has 0 fully saturated rings. The second-order valence-corrected chi connectivity index (χ2v) is 5.78. The van der Waals surface area contributed by atoms with E-state index in [1.165, 1.54) is 6.21 Å². The monoisotopic (exact) mass is 356 g/mol. The quantitative estimate of drug-likeness (QED) is 0.539. The number of rotatable bonds is 8. The topological polar surface area (TPSA) is 60.4 Å². The largest absolute Gasteiger partial charge is 0.493 e. The van der Waals surface area contributed by atoms with Crippen LogP contribution in [-0.2, 0) is 16.2 Å². The third-order valence-corrected chi connectivity index (χ3v) is 3.81. The molecule has 6 heteroatoms. The highest BCUT2D eigenvalue weighted by atomic mass is 16.6. The normalized spacial score (nSPS) is 11.8. The van der Waals surface area contributed by atoms with Gasteiger partial charge in [-0.05, 0) is 30.7 Å². The first-order valence-corrected chi connectivity index (χ1v) is 8.25. The van der Waals surface area contributed by atoms with E-state index in [1.807, 2.05) is 36.4 Å². The molecule has 0 aromatic heterocycles. The van der Waals surface area contributed by atoms with Crippen LogP contribution in [0.5, 0.6) is 11.5 Å². The molecule has 2 aromatic carbocycles. The second kappa shape index (κ2) is 9.46. The maximum Gasteiger partial charge on any atom is 0.266 e. The van der Waals surface area contributed by atoms with Crippen molar-refractivity contribution in [1.29, 1.82) is 0 Å². The summed E-state index contributed by atoms with van der Waals surface area (Å²) in [7, 11) is 4.89. The molecule has 0 aliphatic carbocycles. The zero-order chi connectivity index (χ0) is 18.9. The molecule has 6 nitrogen and oxygen atoms in total. The number of benzene rings is 2. The highest BCUT2D eigenvalue weighted by molar-refractivity contribution is 5.82. The number of methoxy groups -OCH3 is 2. The van der Waals surface area contributed by atoms with Crippen molar-refractivity contribution in [3.05, 3.63) is 59.7 Å². The first kappa shape index (κ1) is 19.3. The molecule has 0 aliphatic rings. The summed E-state index contributed by atoms with van der Waals surface area (Å²) in [5.74, 6) is 1.10. The molecule has 0 aliphatic heterocycles. The van der Waals surface area contributed by atoms with Gasteiger partial charge < -0.3 is 19.2 Å². The van der Waals surface area contributed by atoms with Crippen LogP contribution in [0.25, 0.3) is 0 Å². The van der Waals surface area contributed by atoms with Crippen molar-refractivity contribution in [2.45, 2.75) is 19.6 Å². The van der Waals surface area contributed by atoms with Crippen LogP contribution in [0.4, 0.5) is 0 Å². The van der Waals surface area contributed by atoms with Gasteiger partial charge in [0.2, 0.25) is 6.10 Å². The van der Waals surface area contributed by atoms with Crippen LogP contribution < -0.4 is 9.47 Å². The van der Waals surface area contributed by atoms with Gasteiger partial charge in [-0.1, -0.05) is 35.5 Å². The Kier molecular flexibility index (Phi) is 7.02. The molecule has 1 atom stereocenters. The van der Waals surface area contributed by atoms with Crippen LogP contribution in [0.2, 0.25) is 0 Å². The van der Waals surface area contributed by atoms with E-state index in [-0.39, 0.29) is 5.91 Å². The lowest BCUT2D eigenvalue weighted by Gasteiger charge is -2.20. The Balaban J connectivity index is 1.91. The number of oxime groups is 1. The van der Waals surface area contributed by atoms with Crippen LogP contribution >= 0.6 is 0 Å². The molecule has 0 heterocycles. The number of carbonyl (C=O) groups is 1. The molecule has 0 saturated heterocycles. The molecule has 2 rings (SSSR count). The molecule has 0 radical (unpaired) electrons. The Morgan fingerprint density at radius 3 is 2.46 bits per heavy atom. The van der Waals surface area contributed by atoms with Crippen molar-refractivity contribution in [1.82, 2.24) is 4.90 Å². The van der Waals surface area contributed by atoms with Gasteiger partial charge in [0.1, 0.15) is 0 Å². The Labute approximate surface area is 154 Å². The van der Waals surface area contributed by atoms with Crippen molar-refractivity contribution in [3.8, 4) is 11.5 Å². The highest BCUT2D eigenvalue weighted by Gasteiger charge is 2.19. The third-order valence-electron chi connectivity index (χ3n) is 3.81. The Bertz CT molecular complexity index is 747. The molecule has 0 bridgehead atoms. The first-order chi connectivity index (χ1) is 12.5. The molecule has 0 spiro atoms. The summed E-state index contributed by atoms with van der Waals surface area (Å²) in [5.41, 5.74) is 1.84. The Morgan fingerprint density at radius 2 is 1.81 bits per heavy atom. The predicted octanol–water partition coefficient (Wildman–Crippen LogP) is 3.10. The fraction of sp³-hybridized carbons (Fsp3) is 0.300. The lowest BCUT2D eigenvalue weighted by Crippen LogP contribution is -2.35. The van der Waals surface area contributed by atoms with Crippen molar-refractivity contribution in [3.63, 3.8) is 0 Å². The van der Waals surface area contributed by atoms with E-state index in [0.717, 1.165) is 11.1 Å². The minimum atomic E-state index is -0.680. The van der Waals surface area contributed by atoms with E-state index in [4.69, 9.17) is 14.3 Å². The van der Waals surface area contributed by atoms with Gasteiger partial charge in [-0.15, -0.1) is 0 Å². The highest BCUT2D eigenvalue weighted by Crippen LogP contribution is 2.26. The standard InChI is InChI=1S/C20H24N2O4/c1-15(20(23)22(2)14-16-8-6-5-7-9-16)26-21-13-17-10-11-18(24-3)19(12-17)25-4/h5-13,15H,14H2,1-4H3/b21-13-/t15-/m0/s1. The number of hydrogen-bond donors (Lipinski definition) is 0. The summed E-state index contributed by atoms with van der Waals surface area (Å²) < 4.78 is 10.4. The molecule has 0 unspecified atom stereocenters. The lowest BCUT2D eigenvalue weighted by atomic mass is 10.2. The van der Waals surface area contributed by atoms with Gasteiger partial charge in [-0.2, -0.15) is 0 Å². The molecule has 26 heavy (non-hydrogen) atoms. The smallest absolute Gasteiger partial charge is 0.266 e. The van der Waals surface area contributed by atoms with E-state index in [0.29, 0.717) is 18.0 Å². The Morgan fingerprint density at radius 1 is 1.12 bits per heavy atom. The lowest BCUT2D eigenvalue weighted by molar-refractivity contribution is -0.141.